The van der Waals surface area contributed by atoms with Crippen molar-refractivity contribution < 1.29 is 27.4 Å². The zero-order valence-electron chi connectivity index (χ0n) is 26.6. The number of nitrogens with one attached hydrogen (secondary N) is 1. The first-order chi connectivity index (χ1) is 22.1. The Hall–Kier alpha value is -4.28. The molecule has 6 rings (SSSR count). The zero-order chi connectivity index (χ0) is 32.5. The van der Waals surface area contributed by atoms with Gasteiger partial charge >= 0.3 is 0 Å². The molecular weight excluding hydrogens is 604 g/mol. The Morgan fingerprint density at radius 3 is 2.37 bits per heavy atom. The van der Waals surface area contributed by atoms with Gasteiger partial charge in [-0.3, -0.25) is 4.79 Å². The van der Waals surface area contributed by atoms with Crippen LogP contribution in [0.3, 0.4) is 0 Å². The lowest BCUT2D eigenvalue weighted by Crippen LogP contribution is -2.41. The highest BCUT2D eigenvalue weighted by atomic mass is 32.2. The first kappa shape index (κ1) is 31.7. The van der Waals surface area contributed by atoms with Crippen LogP contribution in [0.25, 0.3) is 16.5 Å². The van der Waals surface area contributed by atoms with Crippen LogP contribution in [0, 0.1) is 0 Å². The molecule has 2 aromatic carbocycles. The number of hydrogen-bond donors (Lipinski definition) is 1. The summed E-state index contributed by atoms with van der Waals surface area (Å²) in [4.78, 5) is 15.2. The Bertz CT molecular complexity index is 1950. The Balaban J connectivity index is 1.31. The molecular formula is C36H40N2O7S. The van der Waals surface area contributed by atoms with E-state index >= 15 is 0 Å². The van der Waals surface area contributed by atoms with Crippen molar-refractivity contribution in [1.82, 2.24) is 8.96 Å². The number of aromatic amines is 1. The SMILES string of the molecule is COc1ccc(COc2ccc(OC3CCC(OC)CC3)c(C3=CCC(C)(S(=O)(=O)n4ccc5cc[nH]c(=O)c54)C(C)=C3)c2)cc1. The topological polar surface area (TPSA) is 109 Å². The summed E-state index contributed by atoms with van der Waals surface area (Å²) in [5.41, 5.74) is 3.03. The number of pyridine rings is 1. The van der Waals surface area contributed by atoms with E-state index in [1.165, 1.54) is 12.4 Å². The maximum Gasteiger partial charge on any atom is 0.273 e. The number of methoxy groups -OCH3 is 2. The van der Waals surface area contributed by atoms with Crippen LogP contribution in [-0.4, -0.2) is 48.5 Å². The van der Waals surface area contributed by atoms with Crippen LogP contribution in [0.4, 0.5) is 0 Å². The minimum absolute atomic E-state index is 0.0521. The van der Waals surface area contributed by atoms with Gasteiger partial charge in [0.1, 0.15) is 34.1 Å². The average Bonchev–Trinajstić information content (AvgIpc) is 3.53. The van der Waals surface area contributed by atoms with Gasteiger partial charge in [0.25, 0.3) is 5.56 Å². The van der Waals surface area contributed by atoms with E-state index in [1.807, 2.05) is 61.5 Å². The smallest absolute Gasteiger partial charge is 0.273 e. The number of ether oxygens (including phenoxy) is 4. The second-order valence-corrected chi connectivity index (χ2v) is 14.4. The third-order valence-corrected chi connectivity index (χ3v) is 11.8. The van der Waals surface area contributed by atoms with Crippen molar-refractivity contribution in [3.63, 3.8) is 0 Å². The maximum absolute atomic E-state index is 14.2. The van der Waals surface area contributed by atoms with E-state index in [0.29, 0.717) is 23.3 Å². The molecule has 1 unspecified atom stereocenters. The molecule has 0 saturated heterocycles. The van der Waals surface area contributed by atoms with Gasteiger partial charge in [0.15, 0.2) is 0 Å². The fraction of sp³-hybridized carbons (Fsp3) is 0.361. The number of rotatable bonds is 10. The van der Waals surface area contributed by atoms with E-state index in [-0.39, 0.29) is 24.1 Å². The minimum atomic E-state index is -4.01. The van der Waals surface area contributed by atoms with Crippen LogP contribution in [0.2, 0.25) is 0 Å². The van der Waals surface area contributed by atoms with E-state index in [9.17, 15) is 13.2 Å². The molecule has 1 saturated carbocycles. The Morgan fingerprint density at radius 2 is 1.67 bits per heavy atom. The molecule has 0 aliphatic heterocycles. The standard InChI is InChI=1S/C36H40N2O7S/c1-24-21-27(15-18-36(24,2)46(40,41)38-20-17-26-16-19-37-35(39)34(26)38)32-22-31(44-23-25-5-7-28(42-3)8-6-25)13-14-33(32)45-30-11-9-29(43-4)10-12-30/h5-8,13-17,19-22,29-30H,9-12,18,23H2,1-4H3,(H,37,39). The maximum atomic E-state index is 14.2. The first-order valence-electron chi connectivity index (χ1n) is 15.6. The van der Waals surface area contributed by atoms with Crippen molar-refractivity contribution in [2.75, 3.05) is 14.2 Å². The Labute approximate surface area is 269 Å². The quantitative estimate of drug-likeness (QED) is 0.207. The lowest BCUT2D eigenvalue weighted by Gasteiger charge is -2.33. The van der Waals surface area contributed by atoms with Gasteiger partial charge in [-0.1, -0.05) is 24.3 Å². The molecule has 4 aromatic rings. The molecule has 1 N–H and O–H groups in total. The number of H-pyrrole nitrogens is 1. The lowest BCUT2D eigenvalue weighted by atomic mass is 9.87. The molecule has 46 heavy (non-hydrogen) atoms. The second kappa shape index (κ2) is 12.8. The average molecular weight is 645 g/mol. The fourth-order valence-electron chi connectivity index (χ4n) is 6.28. The number of aromatic nitrogens is 2. The van der Waals surface area contributed by atoms with E-state index in [4.69, 9.17) is 18.9 Å². The molecule has 242 valence electrons. The summed E-state index contributed by atoms with van der Waals surface area (Å²) in [6, 6.07) is 16.9. The summed E-state index contributed by atoms with van der Waals surface area (Å²) in [5, 5.41) is 0.567. The predicted molar refractivity (Wildman–Crippen MR) is 179 cm³/mol. The van der Waals surface area contributed by atoms with Crippen molar-refractivity contribution >= 4 is 26.5 Å². The third kappa shape index (κ3) is 5.99. The minimum Gasteiger partial charge on any atom is -0.497 e. The fourth-order valence-corrected chi connectivity index (χ4v) is 8.12. The number of hydrogen-bond acceptors (Lipinski definition) is 7. The van der Waals surface area contributed by atoms with Crippen molar-refractivity contribution in [2.24, 2.45) is 0 Å². The van der Waals surface area contributed by atoms with E-state index in [1.54, 1.807) is 33.3 Å². The predicted octanol–water partition coefficient (Wildman–Crippen LogP) is 6.62. The van der Waals surface area contributed by atoms with E-state index in [2.05, 4.69) is 4.98 Å². The number of nitrogens with zero attached hydrogens (tertiary/aromatic N) is 1. The van der Waals surface area contributed by atoms with Crippen molar-refractivity contribution in [3.05, 3.63) is 106 Å². The normalized spacial score (nSPS) is 21.8. The number of fused-ring (bicyclic) bond motifs is 1. The Morgan fingerprint density at radius 1 is 0.957 bits per heavy atom. The molecule has 9 nitrogen and oxygen atoms in total. The molecule has 2 aliphatic rings. The zero-order valence-corrected chi connectivity index (χ0v) is 27.4. The van der Waals surface area contributed by atoms with Gasteiger partial charge in [-0.15, -0.1) is 0 Å². The van der Waals surface area contributed by atoms with Gasteiger partial charge in [-0.05, 0) is 105 Å². The van der Waals surface area contributed by atoms with Crippen LogP contribution >= 0.6 is 0 Å². The molecule has 2 aromatic heterocycles. The van der Waals surface area contributed by atoms with E-state index in [0.717, 1.165) is 57.9 Å². The molecule has 0 radical (unpaired) electrons. The molecule has 0 bridgehead atoms. The van der Waals surface area contributed by atoms with Crippen LogP contribution in [-0.2, 0) is 21.4 Å². The van der Waals surface area contributed by atoms with Gasteiger partial charge in [-0.25, -0.2) is 12.4 Å². The van der Waals surface area contributed by atoms with Crippen LogP contribution in [0.5, 0.6) is 17.2 Å². The first-order valence-corrected chi connectivity index (χ1v) is 17.0. The molecule has 2 aliphatic carbocycles. The number of allylic oxidation sites excluding steroid dienone is 3. The summed E-state index contributed by atoms with van der Waals surface area (Å²) >= 11 is 0. The lowest BCUT2D eigenvalue weighted by molar-refractivity contribution is 0.0326. The highest BCUT2D eigenvalue weighted by molar-refractivity contribution is 7.91. The van der Waals surface area contributed by atoms with Crippen molar-refractivity contribution in [3.8, 4) is 17.2 Å². The molecule has 10 heteroatoms. The van der Waals surface area contributed by atoms with Crippen molar-refractivity contribution in [1.29, 1.82) is 0 Å². The van der Waals surface area contributed by atoms with Crippen LogP contribution in [0.1, 0.15) is 57.1 Å². The highest BCUT2D eigenvalue weighted by Gasteiger charge is 2.44. The molecule has 2 heterocycles. The summed E-state index contributed by atoms with van der Waals surface area (Å²) in [7, 11) is -0.618. The molecule has 1 atom stereocenters. The largest absolute Gasteiger partial charge is 0.497 e. The monoisotopic (exact) mass is 644 g/mol. The summed E-state index contributed by atoms with van der Waals surface area (Å²) in [5.74, 6) is 2.18. The second-order valence-electron chi connectivity index (χ2n) is 12.2. The summed E-state index contributed by atoms with van der Waals surface area (Å²) in [6.07, 6.45) is 11.0. The van der Waals surface area contributed by atoms with Gasteiger partial charge in [0.05, 0.1) is 19.3 Å². The van der Waals surface area contributed by atoms with E-state index < -0.39 is 20.3 Å². The van der Waals surface area contributed by atoms with Gasteiger partial charge in [-0.2, -0.15) is 0 Å². The van der Waals surface area contributed by atoms with Crippen LogP contribution in [0.15, 0.2) is 89.5 Å². The summed E-state index contributed by atoms with van der Waals surface area (Å²) in [6.45, 7) is 3.92. The Kier molecular flexibility index (Phi) is 8.85. The molecule has 1 fully saturated rings. The third-order valence-electron chi connectivity index (χ3n) is 9.40. The van der Waals surface area contributed by atoms with Gasteiger partial charge < -0.3 is 23.9 Å². The summed E-state index contributed by atoms with van der Waals surface area (Å²) < 4.78 is 51.8. The number of benzene rings is 2. The van der Waals surface area contributed by atoms with Crippen molar-refractivity contribution in [2.45, 2.75) is 69.5 Å². The van der Waals surface area contributed by atoms with Gasteiger partial charge in [0, 0.05) is 30.5 Å². The van der Waals surface area contributed by atoms with Crippen LogP contribution < -0.4 is 19.8 Å². The molecule has 0 spiro atoms. The highest BCUT2D eigenvalue weighted by Crippen LogP contribution is 2.42. The molecule has 0 amide bonds. The van der Waals surface area contributed by atoms with Gasteiger partial charge in [0.2, 0.25) is 10.0 Å².